The monoisotopic (exact) mass is 271 g/mol. The summed E-state index contributed by atoms with van der Waals surface area (Å²) in [5.41, 5.74) is 4.95. The summed E-state index contributed by atoms with van der Waals surface area (Å²) in [7, 11) is 0. The molecule has 0 spiro atoms. The number of rotatable bonds is 5. The average molecular weight is 272 g/mol. The van der Waals surface area contributed by atoms with Crippen molar-refractivity contribution in [3.63, 3.8) is 0 Å². The summed E-state index contributed by atoms with van der Waals surface area (Å²) >= 11 is 5.90. The molecule has 7 heteroatoms. The van der Waals surface area contributed by atoms with Crippen LogP contribution >= 0.6 is 11.6 Å². The lowest BCUT2D eigenvalue weighted by molar-refractivity contribution is -0.384. The molecule has 6 nitrogen and oxygen atoms in total. The molecule has 0 unspecified atom stereocenters. The van der Waals surface area contributed by atoms with Gasteiger partial charge in [0, 0.05) is 18.7 Å². The molecular formula is C11H14ClN3O3. The van der Waals surface area contributed by atoms with E-state index < -0.39 is 16.2 Å². The van der Waals surface area contributed by atoms with E-state index >= 15 is 0 Å². The van der Waals surface area contributed by atoms with Gasteiger partial charge in [0.1, 0.15) is 0 Å². The maximum absolute atomic E-state index is 11.1. The number of nitrogens with two attached hydrogens (primary N) is 1. The van der Waals surface area contributed by atoms with Crippen molar-refractivity contribution in [2.45, 2.75) is 13.8 Å². The van der Waals surface area contributed by atoms with Crippen LogP contribution in [0.4, 0.5) is 11.4 Å². The van der Waals surface area contributed by atoms with Gasteiger partial charge in [-0.3, -0.25) is 14.9 Å². The summed E-state index contributed by atoms with van der Waals surface area (Å²) in [4.78, 5) is 21.1. The second kappa shape index (κ2) is 5.22. The SMILES string of the molecule is CC(C)(CNc1ccc([N+](=O)[O-])cc1Cl)C(N)=O. The lowest BCUT2D eigenvalue weighted by Gasteiger charge is -2.21. The zero-order chi connectivity index (χ0) is 13.9. The molecule has 0 radical (unpaired) electrons. The zero-order valence-corrected chi connectivity index (χ0v) is 10.8. The van der Waals surface area contributed by atoms with E-state index in [9.17, 15) is 14.9 Å². The van der Waals surface area contributed by atoms with Crippen LogP contribution in [-0.2, 0) is 4.79 Å². The van der Waals surface area contributed by atoms with Crippen molar-refractivity contribution < 1.29 is 9.72 Å². The van der Waals surface area contributed by atoms with E-state index in [0.29, 0.717) is 12.2 Å². The molecule has 1 rings (SSSR count). The molecule has 0 saturated heterocycles. The minimum atomic E-state index is -0.731. The number of nitro benzene ring substituents is 1. The fourth-order valence-electron chi connectivity index (χ4n) is 1.16. The molecule has 0 fully saturated rings. The zero-order valence-electron chi connectivity index (χ0n) is 10.1. The van der Waals surface area contributed by atoms with E-state index in [-0.39, 0.29) is 10.7 Å². The van der Waals surface area contributed by atoms with Crippen LogP contribution in [0.1, 0.15) is 13.8 Å². The van der Waals surface area contributed by atoms with Crippen LogP contribution < -0.4 is 11.1 Å². The van der Waals surface area contributed by atoms with Crippen molar-refractivity contribution in [1.29, 1.82) is 0 Å². The lowest BCUT2D eigenvalue weighted by Crippen LogP contribution is -2.37. The Labute approximate surface area is 109 Å². The Morgan fingerprint density at radius 1 is 1.56 bits per heavy atom. The molecule has 18 heavy (non-hydrogen) atoms. The summed E-state index contributed by atoms with van der Waals surface area (Å²) in [5.74, 6) is -0.437. The maximum atomic E-state index is 11.1. The van der Waals surface area contributed by atoms with Crippen molar-refractivity contribution in [3.8, 4) is 0 Å². The highest BCUT2D eigenvalue weighted by Gasteiger charge is 2.24. The highest BCUT2D eigenvalue weighted by molar-refractivity contribution is 6.33. The first kappa shape index (κ1) is 14.2. The van der Waals surface area contributed by atoms with Gasteiger partial charge in [0.15, 0.2) is 0 Å². The van der Waals surface area contributed by atoms with Crippen LogP contribution in [0.25, 0.3) is 0 Å². The number of hydrogen-bond acceptors (Lipinski definition) is 4. The third-order valence-electron chi connectivity index (χ3n) is 2.55. The van der Waals surface area contributed by atoms with Crippen LogP contribution in [-0.4, -0.2) is 17.4 Å². The number of benzene rings is 1. The Balaban J connectivity index is 2.81. The molecule has 3 N–H and O–H groups in total. The largest absolute Gasteiger partial charge is 0.383 e. The smallest absolute Gasteiger partial charge is 0.271 e. The predicted molar refractivity (Wildman–Crippen MR) is 69.6 cm³/mol. The van der Waals surface area contributed by atoms with Gasteiger partial charge in [0.2, 0.25) is 5.91 Å². The van der Waals surface area contributed by atoms with Crippen molar-refractivity contribution in [2.75, 3.05) is 11.9 Å². The Hall–Kier alpha value is -1.82. The molecule has 0 aliphatic heterocycles. The minimum absolute atomic E-state index is 0.0836. The molecule has 98 valence electrons. The van der Waals surface area contributed by atoms with E-state index in [4.69, 9.17) is 17.3 Å². The first-order valence-electron chi connectivity index (χ1n) is 5.22. The van der Waals surface area contributed by atoms with Crippen LogP contribution in [0.5, 0.6) is 0 Å². The first-order valence-corrected chi connectivity index (χ1v) is 5.59. The number of nitro groups is 1. The molecule has 0 aliphatic carbocycles. The van der Waals surface area contributed by atoms with Crippen LogP contribution in [0.15, 0.2) is 18.2 Å². The number of primary amides is 1. The van der Waals surface area contributed by atoms with Gasteiger partial charge in [-0.05, 0) is 19.9 Å². The third-order valence-corrected chi connectivity index (χ3v) is 2.86. The molecule has 1 amide bonds. The number of carbonyl (C=O) groups is 1. The molecule has 0 aliphatic rings. The molecule has 0 bridgehead atoms. The predicted octanol–water partition coefficient (Wildman–Crippen LogP) is 2.17. The van der Waals surface area contributed by atoms with Crippen molar-refractivity contribution in [1.82, 2.24) is 0 Å². The minimum Gasteiger partial charge on any atom is -0.383 e. The quantitative estimate of drug-likeness (QED) is 0.633. The van der Waals surface area contributed by atoms with Crippen molar-refractivity contribution in [2.24, 2.45) is 11.1 Å². The fraction of sp³-hybridized carbons (Fsp3) is 0.364. The summed E-state index contributed by atoms with van der Waals surface area (Å²) in [6.07, 6.45) is 0. The lowest BCUT2D eigenvalue weighted by atomic mass is 9.93. The van der Waals surface area contributed by atoms with Crippen molar-refractivity contribution in [3.05, 3.63) is 33.3 Å². The van der Waals surface area contributed by atoms with E-state index in [0.717, 1.165) is 0 Å². The summed E-state index contributed by atoms with van der Waals surface area (Å²) in [6, 6.07) is 4.09. The number of amides is 1. The van der Waals surface area contributed by atoms with E-state index in [1.807, 2.05) is 0 Å². The molecule has 1 aromatic carbocycles. The topological polar surface area (TPSA) is 98.3 Å². The number of non-ortho nitro benzene ring substituents is 1. The first-order chi connectivity index (χ1) is 8.24. The standard InChI is InChI=1S/C11H14ClN3O3/c1-11(2,10(13)16)6-14-9-4-3-7(15(17)18)5-8(9)12/h3-5,14H,6H2,1-2H3,(H2,13,16). The maximum Gasteiger partial charge on any atom is 0.271 e. The third kappa shape index (κ3) is 3.33. The number of carbonyl (C=O) groups excluding carboxylic acids is 1. The molecule has 0 atom stereocenters. The van der Waals surface area contributed by atoms with E-state index in [1.54, 1.807) is 13.8 Å². The molecule has 0 aromatic heterocycles. The number of nitrogens with zero attached hydrogens (tertiary/aromatic N) is 1. The van der Waals surface area contributed by atoms with Gasteiger partial charge < -0.3 is 11.1 Å². The van der Waals surface area contributed by atoms with Gasteiger partial charge in [-0.1, -0.05) is 11.6 Å². The summed E-state index contributed by atoms with van der Waals surface area (Å²) < 4.78 is 0. The number of hydrogen-bond donors (Lipinski definition) is 2. The molecule has 1 aromatic rings. The Morgan fingerprint density at radius 3 is 2.61 bits per heavy atom. The van der Waals surface area contributed by atoms with Gasteiger partial charge in [0.25, 0.3) is 5.69 Å². The van der Waals surface area contributed by atoms with Gasteiger partial charge in [-0.2, -0.15) is 0 Å². The van der Waals surface area contributed by atoms with Gasteiger partial charge in [0.05, 0.1) is 21.0 Å². The van der Waals surface area contributed by atoms with Crippen molar-refractivity contribution >= 4 is 28.9 Å². The highest BCUT2D eigenvalue weighted by atomic mass is 35.5. The number of halogens is 1. The van der Waals surface area contributed by atoms with Gasteiger partial charge in [-0.25, -0.2) is 0 Å². The van der Waals surface area contributed by atoms with Gasteiger partial charge in [-0.15, -0.1) is 0 Å². The molecule has 0 saturated carbocycles. The number of anilines is 1. The van der Waals surface area contributed by atoms with E-state index in [2.05, 4.69) is 5.32 Å². The second-order valence-corrected chi connectivity index (χ2v) is 4.93. The van der Waals surface area contributed by atoms with E-state index in [1.165, 1.54) is 18.2 Å². The summed E-state index contributed by atoms with van der Waals surface area (Å²) in [5, 5.41) is 13.7. The molecule has 0 heterocycles. The second-order valence-electron chi connectivity index (χ2n) is 4.52. The fourth-order valence-corrected chi connectivity index (χ4v) is 1.41. The highest BCUT2D eigenvalue weighted by Crippen LogP contribution is 2.27. The molecular weight excluding hydrogens is 258 g/mol. The average Bonchev–Trinajstić information content (AvgIpc) is 2.26. The van der Waals surface area contributed by atoms with Crippen LogP contribution in [0.3, 0.4) is 0 Å². The number of nitrogens with one attached hydrogen (secondary N) is 1. The normalized spacial score (nSPS) is 11.1. The Bertz CT molecular complexity index is 488. The van der Waals surface area contributed by atoms with Gasteiger partial charge >= 0.3 is 0 Å². The van der Waals surface area contributed by atoms with Crippen LogP contribution in [0.2, 0.25) is 5.02 Å². The van der Waals surface area contributed by atoms with Crippen LogP contribution in [0, 0.1) is 15.5 Å². The Morgan fingerprint density at radius 2 is 2.17 bits per heavy atom. The Kier molecular flexibility index (Phi) is 4.13. The summed E-state index contributed by atoms with van der Waals surface area (Å²) in [6.45, 7) is 3.68.